The average molecular weight is 447 g/mol. The number of ketones is 1. The molecule has 3 heteroatoms. The lowest BCUT2D eigenvalue weighted by Gasteiger charge is -2.42. The highest BCUT2D eigenvalue weighted by molar-refractivity contribution is 8.00. The van der Waals surface area contributed by atoms with E-state index in [0.29, 0.717) is 6.61 Å². The third-order valence-electron chi connectivity index (χ3n) is 7.23. The molecule has 0 saturated carbocycles. The van der Waals surface area contributed by atoms with E-state index in [0.717, 1.165) is 28.9 Å². The van der Waals surface area contributed by atoms with Crippen LogP contribution in [0.5, 0.6) is 0 Å². The standard InChI is InChI=1S/C30H22O2S/c31-29-22-12-5-4-10-19(22)24-16-25(32-17-18-8-2-1-3-9-18)30-28-21(14-15-23(29)27(24)28)20-11-6-7-13-26(20)33-30/h1-4,6-16,19,24,30H,5,17H2. The van der Waals surface area contributed by atoms with E-state index in [-0.39, 0.29) is 22.9 Å². The number of benzene rings is 3. The van der Waals surface area contributed by atoms with Crippen LogP contribution in [0.3, 0.4) is 0 Å². The highest BCUT2D eigenvalue weighted by Crippen LogP contribution is 2.60. The summed E-state index contributed by atoms with van der Waals surface area (Å²) in [6.45, 7) is 0.546. The molecule has 160 valence electrons. The van der Waals surface area contributed by atoms with Crippen LogP contribution in [0.4, 0.5) is 0 Å². The van der Waals surface area contributed by atoms with Crippen molar-refractivity contribution in [2.45, 2.75) is 29.1 Å². The first-order valence-electron chi connectivity index (χ1n) is 11.5. The first kappa shape index (κ1) is 19.2. The first-order valence-corrected chi connectivity index (χ1v) is 12.4. The van der Waals surface area contributed by atoms with Crippen LogP contribution in [0.2, 0.25) is 0 Å². The second-order valence-corrected chi connectivity index (χ2v) is 10.2. The van der Waals surface area contributed by atoms with Crippen LogP contribution >= 0.6 is 11.8 Å². The van der Waals surface area contributed by atoms with E-state index in [1.54, 1.807) is 0 Å². The van der Waals surface area contributed by atoms with Crippen LogP contribution in [-0.2, 0) is 11.3 Å². The number of ether oxygens (including phenoxy) is 1. The van der Waals surface area contributed by atoms with Gasteiger partial charge in [0.1, 0.15) is 12.4 Å². The average Bonchev–Trinajstić information content (AvgIpc) is 2.88. The molecule has 3 aliphatic carbocycles. The van der Waals surface area contributed by atoms with Crippen molar-refractivity contribution in [1.29, 1.82) is 0 Å². The Morgan fingerprint density at radius 1 is 0.848 bits per heavy atom. The topological polar surface area (TPSA) is 26.3 Å². The van der Waals surface area contributed by atoms with E-state index < -0.39 is 0 Å². The summed E-state index contributed by atoms with van der Waals surface area (Å²) < 4.78 is 6.55. The van der Waals surface area contributed by atoms with Crippen LogP contribution in [0, 0.1) is 5.92 Å². The molecule has 3 unspecified atom stereocenters. The second-order valence-electron chi connectivity index (χ2n) is 9.03. The van der Waals surface area contributed by atoms with Crippen LogP contribution in [0.15, 0.2) is 107 Å². The van der Waals surface area contributed by atoms with Gasteiger partial charge in [-0.3, -0.25) is 4.79 Å². The number of carbonyl (C=O) groups is 1. The van der Waals surface area contributed by atoms with Crippen molar-refractivity contribution in [2.75, 3.05) is 0 Å². The molecule has 7 rings (SSSR count). The smallest absolute Gasteiger partial charge is 0.189 e. The van der Waals surface area contributed by atoms with Gasteiger partial charge in [0.15, 0.2) is 5.78 Å². The molecule has 0 N–H and O–H groups in total. The maximum Gasteiger partial charge on any atom is 0.189 e. The summed E-state index contributed by atoms with van der Waals surface area (Å²) in [7, 11) is 0. The lowest BCUT2D eigenvalue weighted by molar-refractivity contribution is 0.101. The lowest BCUT2D eigenvalue weighted by atomic mass is 9.65. The fourth-order valence-electron chi connectivity index (χ4n) is 5.76. The van der Waals surface area contributed by atoms with Crippen molar-refractivity contribution < 1.29 is 9.53 Å². The Hall–Kier alpha value is -3.30. The van der Waals surface area contributed by atoms with Gasteiger partial charge in [0, 0.05) is 27.9 Å². The number of hydrogen-bond donors (Lipinski definition) is 0. The molecule has 33 heavy (non-hydrogen) atoms. The molecule has 3 aromatic carbocycles. The minimum Gasteiger partial charge on any atom is -0.492 e. The van der Waals surface area contributed by atoms with Gasteiger partial charge in [0.2, 0.25) is 0 Å². The summed E-state index contributed by atoms with van der Waals surface area (Å²) in [4.78, 5) is 14.8. The van der Waals surface area contributed by atoms with Crippen molar-refractivity contribution in [1.82, 2.24) is 0 Å². The van der Waals surface area contributed by atoms with Gasteiger partial charge in [-0.25, -0.2) is 0 Å². The molecule has 0 radical (unpaired) electrons. The minimum atomic E-state index is 0.0655. The van der Waals surface area contributed by atoms with E-state index in [1.165, 1.54) is 27.1 Å². The molecular formula is C30H22O2S. The maximum atomic E-state index is 13.5. The Morgan fingerprint density at radius 2 is 1.67 bits per heavy atom. The van der Waals surface area contributed by atoms with E-state index in [1.807, 2.05) is 17.8 Å². The van der Waals surface area contributed by atoms with E-state index >= 15 is 0 Å². The fraction of sp³-hybridized carbons (Fsp3) is 0.167. The molecule has 4 aliphatic rings. The Labute approximate surface area is 197 Å². The number of thioether (sulfide) groups is 1. The van der Waals surface area contributed by atoms with Gasteiger partial charge in [-0.15, -0.1) is 11.8 Å². The van der Waals surface area contributed by atoms with Gasteiger partial charge in [-0.1, -0.05) is 78.9 Å². The van der Waals surface area contributed by atoms with Gasteiger partial charge in [-0.2, -0.15) is 0 Å². The summed E-state index contributed by atoms with van der Waals surface area (Å²) in [5.74, 6) is 1.43. The Morgan fingerprint density at radius 3 is 2.58 bits per heavy atom. The molecule has 3 atom stereocenters. The van der Waals surface area contributed by atoms with Crippen molar-refractivity contribution in [3.63, 3.8) is 0 Å². The van der Waals surface area contributed by atoms with Crippen LogP contribution in [-0.4, -0.2) is 5.78 Å². The highest BCUT2D eigenvalue weighted by Gasteiger charge is 2.45. The zero-order valence-electron chi connectivity index (χ0n) is 18.0. The van der Waals surface area contributed by atoms with E-state index in [9.17, 15) is 4.79 Å². The largest absolute Gasteiger partial charge is 0.492 e. The van der Waals surface area contributed by atoms with E-state index in [2.05, 4.69) is 85.0 Å². The van der Waals surface area contributed by atoms with Gasteiger partial charge in [0.05, 0.1) is 5.25 Å². The summed E-state index contributed by atoms with van der Waals surface area (Å²) in [6.07, 6.45) is 9.68. The van der Waals surface area contributed by atoms with Gasteiger partial charge in [-0.05, 0) is 46.4 Å². The molecule has 0 fully saturated rings. The predicted octanol–water partition coefficient (Wildman–Crippen LogP) is 7.40. The number of Topliss-reactive ketones (excluding diaryl/α,β-unsaturated/α-hetero) is 1. The third-order valence-corrected chi connectivity index (χ3v) is 8.54. The van der Waals surface area contributed by atoms with E-state index in [4.69, 9.17) is 4.74 Å². The fourth-order valence-corrected chi connectivity index (χ4v) is 7.11. The summed E-state index contributed by atoms with van der Waals surface area (Å²) in [6, 6.07) is 23.2. The Balaban J connectivity index is 1.42. The zero-order valence-corrected chi connectivity index (χ0v) is 18.8. The molecule has 0 amide bonds. The van der Waals surface area contributed by atoms with Gasteiger partial charge < -0.3 is 4.74 Å². The van der Waals surface area contributed by atoms with Crippen LogP contribution in [0.1, 0.15) is 44.6 Å². The molecule has 2 nitrogen and oxygen atoms in total. The molecule has 3 aromatic rings. The number of rotatable bonds is 3. The van der Waals surface area contributed by atoms with Crippen molar-refractivity contribution in [3.05, 3.63) is 125 Å². The molecular weight excluding hydrogens is 424 g/mol. The summed E-state index contributed by atoms with van der Waals surface area (Å²) >= 11 is 1.85. The number of fused-ring (bicyclic) bond motifs is 4. The van der Waals surface area contributed by atoms with Crippen LogP contribution in [0.25, 0.3) is 11.1 Å². The van der Waals surface area contributed by atoms with Crippen molar-refractivity contribution in [3.8, 4) is 11.1 Å². The minimum absolute atomic E-state index is 0.0655. The summed E-state index contributed by atoms with van der Waals surface area (Å²) in [5.41, 5.74) is 7.97. The Bertz CT molecular complexity index is 1400. The predicted molar refractivity (Wildman–Crippen MR) is 132 cm³/mol. The SMILES string of the molecule is O=C1C2=CCC=CC2C2C=C(OCc3ccccc3)C3Sc4ccccc4-c4ccc1c2c43. The number of allylic oxidation sites excluding steroid dienone is 5. The highest BCUT2D eigenvalue weighted by atomic mass is 32.2. The quantitative estimate of drug-likeness (QED) is 0.392. The molecule has 0 aromatic heterocycles. The van der Waals surface area contributed by atoms with Crippen molar-refractivity contribution in [2.24, 2.45) is 5.92 Å². The zero-order chi connectivity index (χ0) is 21.9. The maximum absolute atomic E-state index is 13.5. The number of hydrogen-bond acceptors (Lipinski definition) is 3. The molecule has 0 saturated heterocycles. The third kappa shape index (κ3) is 2.85. The molecule has 0 spiro atoms. The van der Waals surface area contributed by atoms with Crippen molar-refractivity contribution >= 4 is 17.5 Å². The second kappa shape index (κ2) is 7.36. The monoisotopic (exact) mass is 446 g/mol. The Kier molecular flexibility index (Phi) is 4.28. The molecule has 1 aliphatic heterocycles. The number of carbonyl (C=O) groups excluding carboxylic acids is 1. The van der Waals surface area contributed by atoms with Gasteiger partial charge >= 0.3 is 0 Å². The first-order chi connectivity index (χ1) is 16.3. The summed E-state index contributed by atoms with van der Waals surface area (Å²) in [5, 5.41) is 0.0655. The lowest BCUT2D eigenvalue weighted by Crippen LogP contribution is -2.32. The normalized spacial score (nSPS) is 23.6. The molecule has 0 bridgehead atoms. The van der Waals surface area contributed by atoms with Crippen LogP contribution < -0.4 is 0 Å². The van der Waals surface area contributed by atoms with Gasteiger partial charge in [0.25, 0.3) is 0 Å². The molecule has 1 heterocycles.